The van der Waals surface area contributed by atoms with Gasteiger partial charge in [-0.1, -0.05) is 0 Å². The van der Waals surface area contributed by atoms with Gasteiger partial charge in [0.2, 0.25) is 5.91 Å². The molecular weight excluding hydrogens is 386 g/mol. The van der Waals surface area contributed by atoms with E-state index >= 15 is 0 Å². The van der Waals surface area contributed by atoms with E-state index in [9.17, 15) is 9.59 Å². The summed E-state index contributed by atoms with van der Waals surface area (Å²) < 4.78 is 6.95. The van der Waals surface area contributed by atoms with Crippen LogP contribution in [-0.2, 0) is 4.79 Å². The molecule has 0 aliphatic carbocycles. The molecule has 1 saturated heterocycles. The summed E-state index contributed by atoms with van der Waals surface area (Å²) >= 11 is 0. The molecule has 30 heavy (non-hydrogen) atoms. The predicted molar refractivity (Wildman–Crippen MR) is 110 cm³/mol. The molecule has 1 aliphatic rings. The van der Waals surface area contributed by atoms with E-state index in [2.05, 4.69) is 20.8 Å². The van der Waals surface area contributed by atoms with E-state index in [1.54, 1.807) is 29.2 Å². The second-order valence-corrected chi connectivity index (χ2v) is 6.63. The van der Waals surface area contributed by atoms with E-state index in [1.807, 2.05) is 31.2 Å². The van der Waals surface area contributed by atoms with Crippen molar-refractivity contribution in [3.05, 3.63) is 54.9 Å². The standard InChI is InChI=1S/C20H21N7O3/c1-2-30-18-9-7-16(8-10-18)26-12-11-25(20(26)29)13-19(28)22-15-3-5-17(6-4-15)27-14-21-23-24-27/h3-10,14H,2,11-13H2,1H3,(H,22,28). The number of benzene rings is 2. The van der Waals surface area contributed by atoms with Crippen molar-refractivity contribution in [1.29, 1.82) is 0 Å². The van der Waals surface area contributed by atoms with Gasteiger partial charge in [0.25, 0.3) is 0 Å². The quantitative estimate of drug-likeness (QED) is 0.642. The first kappa shape index (κ1) is 19.4. The third kappa shape index (κ3) is 4.22. The highest BCUT2D eigenvalue weighted by atomic mass is 16.5. The van der Waals surface area contributed by atoms with Crippen LogP contribution in [0.25, 0.3) is 5.69 Å². The lowest BCUT2D eigenvalue weighted by atomic mass is 10.3. The molecule has 154 valence electrons. The first-order valence-electron chi connectivity index (χ1n) is 9.56. The molecule has 10 heteroatoms. The number of amides is 3. The number of ether oxygens (including phenoxy) is 1. The van der Waals surface area contributed by atoms with E-state index in [0.717, 1.165) is 17.1 Å². The summed E-state index contributed by atoms with van der Waals surface area (Å²) in [7, 11) is 0. The van der Waals surface area contributed by atoms with E-state index in [1.165, 1.54) is 15.9 Å². The number of carbonyl (C=O) groups excluding carboxylic acids is 2. The zero-order chi connectivity index (χ0) is 20.9. The van der Waals surface area contributed by atoms with Crippen LogP contribution in [0.4, 0.5) is 16.2 Å². The van der Waals surface area contributed by atoms with Gasteiger partial charge in [-0.2, -0.15) is 0 Å². The van der Waals surface area contributed by atoms with Gasteiger partial charge in [-0.25, -0.2) is 9.48 Å². The molecule has 4 rings (SSSR count). The minimum absolute atomic E-state index is 0.0128. The maximum atomic E-state index is 12.7. The number of hydrogen-bond acceptors (Lipinski definition) is 6. The first-order valence-corrected chi connectivity index (χ1v) is 9.56. The molecule has 1 N–H and O–H groups in total. The maximum Gasteiger partial charge on any atom is 0.325 e. The molecule has 0 spiro atoms. The Bertz CT molecular complexity index is 1000. The molecule has 1 aliphatic heterocycles. The van der Waals surface area contributed by atoms with Crippen LogP contribution in [0.2, 0.25) is 0 Å². The SMILES string of the molecule is CCOc1ccc(N2CCN(CC(=O)Nc3ccc(-n4cnnn4)cc3)C2=O)cc1. The van der Waals surface area contributed by atoms with Gasteiger partial charge >= 0.3 is 6.03 Å². The summed E-state index contributed by atoms with van der Waals surface area (Å²) in [4.78, 5) is 28.3. The zero-order valence-electron chi connectivity index (χ0n) is 16.4. The van der Waals surface area contributed by atoms with Crippen molar-refractivity contribution in [3.8, 4) is 11.4 Å². The summed E-state index contributed by atoms with van der Waals surface area (Å²) in [5, 5.41) is 13.8. The van der Waals surface area contributed by atoms with Gasteiger partial charge in [0.05, 0.1) is 12.3 Å². The summed E-state index contributed by atoms with van der Waals surface area (Å²) in [6.07, 6.45) is 1.49. The van der Waals surface area contributed by atoms with Gasteiger partial charge < -0.3 is 15.0 Å². The monoisotopic (exact) mass is 407 g/mol. The lowest BCUT2D eigenvalue weighted by Crippen LogP contribution is -2.37. The molecule has 1 aromatic heterocycles. The molecule has 2 heterocycles. The van der Waals surface area contributed by atoms with Gasteiger partial charge in [-0.05, 0) is 65.9 Å². The summed E-state index contributed by atoms with van der Waals surface area (Å²) in [5.41, 5.74) is 2.19. The van der Waals surface area contributed by atoms with E-state index < -0.39 is 0 Å². The normalized spacial score (nSPS) is 13.6. The minimum Gasteiger partial charge on any atom is -0.494 e. The Kier molecular flexibility index (Phi) is 5.55. The Morgan fingerprint density at radius 3 is 2.47 bits per heavy atom. The summed E-state index contributed by atoms with van der Waals surface area (Å²) in [5.74, 6) is 0.502. The van der Waals surface area contributed by atoms with Crippen molar-refractivity contribution < 1.29 is 14.3 Å². The average Bonchev–Trinajstić information content (AvgIpc) is 3.41. The predicted octanol–water partition coefficient (Wildman–Crippen LogP) is 1.94. The largest absolute Gasteiger partial charge is 0.494 e. The van der Waals surface area contributed by atoms with Gasteiger partial charge in [-0.15, -0.1) is 5.10 Å². The van der Waals surface area contributed by atoms with Crippen LogP contribution in [0.15, 0.2) is 54.9 Å². The average molecular weight is 407 g/mol. The van der Waals surface area contributed by atoms with Crippen molar-refractivity contribution in [2.75, 3.05) is 36.5 Å². The summed E-state index contributed by atoms with van der Waals surface area (Å²) in [6, 6.07) is 14.3. The second-order valence-electron chi connectivity index (χ2n) is 6.63. The highest BCUT2D eigenvalue weighted by molar-refractivity contribution is 5.99. The van der Waals surface area contributed by atoms with Crippen LogP contribution in [-0.4, -0.2) is 63.3 Å². The van der Waals surface area contributed by atoms with E-state index in [-0.39, 0.29) is 18.5 Å². The van der Waals surface area contributed by atoms with Crippen LogP contribution in [0.3, 0.4) is 0 Å². The molecule has 3 aromatic rings. The van der Waals surface area contributed by atoms with Gasteiger partial charge in [0, 0.05) is 24.5 Å². The number of rotatable bonds is 7. The fraction of sp³-hybridized carbons (Fsp3) is 0.250. The van der Waals surface area contributed by atoms with Crippen LogP contribution < -0.4 is 15.0 Å². The molecule has 1 fully saturated rings. The molecule has 0 saturated carbocycles. The molecule has 0 atom stereocenters. The van der Waals surface area contributed by atoms with Crippen LogP contribution in [0, 0.1) is 0 Å². The molecular formula is C20H21N7O3. The lowest BCUT2D eigenvalue weighted by molar-refractivity contribution is -0.116. The zero-order valence-corrected chi connectivity index (χ0v) is 16.4. The van der Waals surface area contributed by atoms with Gasteiger partial charge in [-0.3, -0.25) is 9.69 Å². The number of urea groups is 1. The lowest BCUT2D eigenvalue weighted by Gasteiger charge is -2.19. The topological polar surface area (TPSA) is 105 Å². The molecule has 10 nitrogen and oxygen atoms in total. The van der Waals surface area contributed by atoms with Crippen LogP contribution in [0.5, 0.6) is 5.75 Å². The van der Waals surface area contributed by atoms with Gasteiger partial charge in [0.15, 0.2) is 0 Å². The smallest absolute Gasteiger partial charge is 0.325 e. The fourth-order valence-electron chi connectivity index (χ4n) is 3.21. The number of nitrogens with zero attached hydrogens (tertiary/aromatic N) is 6. The maximum absolute atomic E-state index is 12.7. The highest BCUT2D eigenvalue weighted by Crippen LogP contribution is 2.23. The number of anilines is 2. The van der Waals surface area contributed by atoms with Crippen molar-refractivity contribution >= 4 is 23.3 Å². The molecule has 0 unspecified atom stereocenters. The van der Waals surface area contributed by atoms with E-state index in [4.69, 9.17) is 4.74 Å². The Balaban J connectivity index is 1.33. The van der Waals surface area contributed by atoms with Crippen molar-refractivity contribution in [3.63, 3.8) is 0 Å². The van der Waals surface area contributed by atoms with Crippen molar-refractivity contribution in [2.45, 2.75) is 6.92 Å². The summed E-state index contributed by atoms with van der Waals surface area (Å²) in [6.45, 7) is 3.51. The number of nitrogens with one attached hydrogen (secondary N) is 1. The number of hydrogen-bond donors (Lipinski definition) is 1. The Morgan fingerprint density at radius 2 is 1.80 bits per heavy atom. The Morgan fingerprint density at radius 1 is 1.07 bits per heavy atom. The van der Waals surface area contributed by atoms with Gasteiger partial charge in [0.1, 0.15) is 18.6 Å². The third-order valence-corrected chi connectivity index (χ3v) is 4.65. The highest BCUT2D eigenvalue weighted by Gasteiger charge is 2.30. The van der Waals surface area contributed by atoms with Crippen molar-refractivity contribution in [1.82, 2.24) is 25.1 Å². The first-order chi connectivity index (χ1) is 14.6. The molecule has 2 aromatic carbocycles. The van der Waals surface area contributed by atoms with Crippen LogP contribution in [0.1, 0.15) is 6.92 Å². The molecule has 3 amide bonds. The second kappa shape index (κ2) is 8.60. The van der Waals surface area contributed by atoms with E-state index in [0.29, 0.717) is 25.4 Å². The minimum atomic E-state index is -0.257. The Hall–Kier alpha value is -3.95. The Labute approximate surface area is 173 Å². The third-order valence-electron chi connectivity index (χ3n) is 4.65. The number of carbonyl (C=O) groups is 2. The van der Waals surface area contributed by atoms with Crippen LogP contribution >= 0.6 is 0 Å². The van der Waals surface area contributed by atoms with Crippen molar-refractivity contribution in [2.24, 2.45) is 0 Å². The molecule has 0 radical (unpaired) electrons. The fourth-order valence-corrected chi connectivity index (χ4v) is 3.21. The number of tetrazole rings is 1. The molecule has 0 bridgehead atoms. The number of aromatic nitrogens is 4.